The molecule has 0 bridgehead atoms. The van der Waals surface area contributed by atoms with Gasteiger partial charge in [0.15, 0.2) is 8.07 Å². The third-order valence-electron chi connectivity index (χ3n) is 8.79. The summed E-state index contributed by atoms with van der Waals surface area (Å²) in [5.41, 5.74) is 6.10. The highest BCUT2D eigenvalue weighted by Gasteiger charge is 2.50. The Morgan fingerprint density at radius 3 is 2.32 bits per heavy atom. The van der Waals surface area contributed by atoms with E-state index in [1.54, 1.807) is 18.2 Å². The second-order valence-electron chi connectivity index (χ2n) is 10.9. The first-order chi connectivity index (χ1) is 19.9. The van der Waals surface area contributed by atoms with Crippen LogP contribution in [0.5, 0.6) is 0 Å². The van der Waals surface area contributed by atoms with Crippen molar-refractivity contribution in [2.75, 3.05) is 0 Å². The lowest BCUT2D eigenvalue weighted by atomic mass is 9.99. The van der Waals surface area contributed by atoms with Crippen molar-refractivity contribution in [3.63, 3.8) is 0 Å². The van der Waals surface area contributed by atoms with Crippen molar-refractivity contribution >= 4 is 39.4 Å². The summed E-state index contributed by atoms with van der Waals surface area (Å²) < 4.78 is 26.2. The molecule has 1 aliphatic carbocycles. The van der Waals surface area contributed by atoms with E-state index in [1.165, 1.54) is 31.9 Å². The number of allylic oxidation sites excluding steroid dienone is 9. The molecule has 0 saturated heterocycles. The fraction of sp³-hybridized carbons (Fsp3) is 0.0811. The van der Waals surface area contributed by atoms with E-state index in [9.17, 15) is 8.42 Å². The average Bonchev–Trinajstić information content (AvgIpc) is 3.41. The van der Waals surface area contributed by atoms with Gasteiger partial charge in [0.25, 0.3) is 0 Å². The molecule has 2 nitrogen and oxygen atoms in total. The zero-order valence-electron chi connectivity index (χ0n) is 23.0. The first-order valence-corrected chi connectivity index (χ1v) is 17.5. The maximum atomic E-state index is 13.1. The van der Waals surface area contributed by atoms with Crippen LogP contribution in [0.15, 0.2) is 154 Å². The molecule has 0 radical (unpaired) electrons. The number of benzene rings is 4. The maximum absolute atomic E-state index is 13.1. The van der Waals surface area contributed by atoms with Crippen LogP contribution >= 0.6 is 0 Å². The topological polar surface area (TPSA) is 34.1 Å². The largest absolute Gasteiger partial charge is 0.218 e. The molecule has 200 valence electrons. The van der Waals surface area contributed by atoms with Crippen molar-refractivity contribution < 1.29 is 8.42 Å². The molecule has 2 aliphatic heterocycles. The molecule has 1 unspecified atom stereocenters. The summed E-state index contributed by atoms with van der Waals surface area (Å²) >= 11 is 0. The SMILES string of the molecule is C=C1/C(=C\C=C(/C)c2ccc3c(c2)-c2ccccc2S3(=O)=O)c2ccccc2[Si]1(C1=CC=CCC1)c1ccccc1. The Labute approximate surface area is 243 Å². The van der Waals surface area contributed by atoms with Gasteiger partial charge < -0.3 is 0 Å². The highest BCUT2D eigenvalue weighted by Crippen LogP contribution is 2.45. The van der Waals surface area contributed by atoms with Gasteiger partial charge in [-0.25, -0.2) is 8.42 Å². The predicted octanol–water partition coefficient (Wildman–Crippen LogP) is 7.47. The molecule has 7 rings (SSSR count). The van der Waals surface area contributed by atoms with Crippen molar-refractivity contribution in [2.45, 2.75) is 29.6 Å². The standard InChI is InChI=1S/C37H30O2SSi/c1-26(28-22-24-36-34(25-28)32-17-9-11-19-35(32)40(36,38)39)21-23-31-27(2)41(29-13-5-3-6-14-29,30-15-7-4-8-16-30)37-20-12-10-18-33(31)37/h3-7,9-15,17-25H,2,8,16H2,1H3/b26-21+,31-23+. The normalized spacial score (nSPS) is 21.4. The number of hydrogen-bond acceptors (Lipinski definition) is 2. The molecule has 0 saturated carbocycles. The van der Waals surface area contributed by atoms with Gasteiger partial charge in [0.05, 0.1) is 9.79 Å². The zero-order valence-corrected chi connectivity index (χ0v) is 24.8. The van der Waals surface area contributed by atoms with Gasteiger partial charge >= 0.3 is 0 Å². The fourth-order valence-corrected chi connectivity index (χ4v) is 13.7. The molecule has 0 amide bonds. The molecule has 1 atom stereocenters. The Hall–Kier alpha value is -4.25. The van der Waals surface area contributed by atoms with Crippen molar-refractivity contribution in [1.29, 1.82) is 0 Å². The average molecular weight is 567 g/mol. The fourth-order valence-electron chi connectivity index (χ4n) is 6.81. The monoisotopic (exact) mass is 566 g/mol. The number of hydrogen-bond donors (Lipinski definition) is 0. The first kappa shape index (κ1) is 25.7. The van der Waals surface area contributed by atoms with Crippen LogP contribution in [-0.2, 0) is 9.84 Å². The van der Waals surface area contributed by atoms with Gasteiger partial charge in [0.1, 0.15) is 0 Å². The van der Waals surface area contributed by atoms with Crippen molar-refractivity contribution in [3.05, 3.63) is 156 Å². The number of sulfone groups is 1. The number of fused-ring (bicyclic) bond motifs is 4. The summed E-state index contributed by atoms with van der Waals surface area (Å²) in [4.78, 5) is 0.781. The quantitative estimate of drug-likeness (QED) is 0.212. The van der Waals surface area contributed by atoms with Crippen LogP contribution in [0, 0.1) is 0 Å². The predicted molar refractivity (Wildman–Crippen MR) is 172 cm³/mol. The Bertz CT molecular complexity index is 1980. The van der Waals surface area contributed by atoms with Crippen molar-refractivity contribution in [2.24, 2.45) is 0 Å². The minimum Gasteiger partial charge on any atom is -0.218 e. The van der Waals surface area contributed by atoms with Crippen molar-refractivity contribution in [3.8, 4) is 11.1 Å². The molecular weight excluding hydrogens is 537 g/mol. The van der Waals surface area contributed by atoms with Crippen LogP contribution in [0.3, 0.4) is 0 Å². The van der Waals surface area contributed by atoms with Crippen molar-refractivity contribution in [1.82, 2.24) is 0 Å². The van der Waals surface area contributed by atoms with Gasteiger partial charge in [-0.3, -0.25) is 0 Å². The van der Waals surface area contributed by atoms with Gasteiger partial charge in [0.2, 0.25) is 9.84 Å². The number of rotatable bonds is 4. The van der Waals surface area contributed by atoms with E-state index in [1.807, 2.05) is 24.3 Å². The molecule has 41 heavy (non-hydrogen) atoms. The lowest BCUT2D eigenvalue weighted by molar-refractivity contribution is 0.598. The highest BCUT2D eigenvalue weighted by atomic mass is 32.2. The summed E-state index contributed by atoms with van der Waals surface area (Å²) in [6, 6.07) is 32.8. The molecule has 3 aliphatic rings. The molecule has 0 aromatic heterocycles. The molecule has 4 aromatic carbocycles. The second kappa shape index (κ2) is 9.69. The summed E-state index contributed by atoms with van der Waals surface area (Å²) in [5, 5.41) is 5.52. The summed E-state index contributed by atoms with van der Waals surface area (Å²) in [6.07, 6.45) is 13.3. The summed E-state index contributed by atoms with van der Waals surface area (Å²) in [7, 11) is -5.94. The van der Waals surface area contributed by atoms with E-state index < -0.39 is 17.9 Å². The van der Waals surface area contributed by atoms with Gasteiger partial charge in [-0.2, -0.15) is 0 Å². The van der Waals surface area contributed by atoms with Crippen LogP contribution in [0.25, 0.3) is 22.3 Å². The van der Waals surface area contributed by atoms with E-state index in [0.29, 0.717) is 9.79 Å². The van der Waals surface area contributed by atoms with E-state index in [2.05, 4.69) is 91.9 Å². The first-order valence-electron chi connectivity index (χ1n) is 14.0. The molecule has 2 heterocycles. The lowest BCUT2D eigenvalue weighted by Crippen LogP contribution is -2.59. The molecule has 4 aromatic rings. The molecule has 0 fully saturated rings. The third kappa shape index (κ3) is 3.78. The molecule has 4 heteroatoms. The molecule has 0 N–H and O–H groups in total. The van der Waals surface area contributed by atoms with E-state index in [4.69, 9.17) is 6.58 Å². The molecular formula is C37H30O2SSi. The van der Waals surface area contributed by atoms with Gasteiger partial charge in [-0.05, 0) is 75.8 Å². The highest BCUT2D eigenvalue weighted by molar-refractivity contribution is 7.92. The zero-order chi connectivity index (χ0) is 28.2. The van der Waals surface area contributed by atoms with E-state index in [-0.39, 0.29) is 0 Å². The van der Waals surface area contributed by atoms with Crippen LogP contribution in [0.1, 0.15) is 30.9 Å². The van der Waals surface area contributed by atoms with Crippen LogP contribution in [-0.4, -0.2) is 16.5 Å². The Morgan fingerprint density at radius 1 is 0.829 bits per heavy atom. The maximum Gasteiger partial charge on any atom is 0.207 e. The second-order valence-corrected chi connectivity index (χ2v) is 16.7. The third-order valence-corrected chi connectivity index (χ3v) is 15.7. The minimum absolute atomic E-state index is 0.389. The molecule has 0 spiro atoms. The summed E-state index contributed by atoms with van der Waals surface area (Å²) in [6.45, 7) is 6.92. The van der Waals surface area contributed by atoms with Gasteiger partial charge in [-0.15, -0.1) is 0 Å². The smallest absolute Gasteiger partial charge is 0.207 e. The lowest BCUT2D eigenvalue weighted by Gasteiger charge is -2.34. The van der Waals surface area contributed by atoms with Gasteiger partial charge in [0, 0.05) is 11.1 Å². The Kier molecular flexibility index (Phi) is 6.07. The minimum atomic E-state index is -3.47. The van der Waals surface area contributed by atoms with Crippen LogP contribution in [0.2, 0.25) is 0 Å². The van der Waals surface area contributed by atoms with Crippen LogP contribution in [0.4, 0.5) is 0 Å². The Balaban J connectivity index is 1.36. The summed E-state index contributed by atoms with van der Waals surface area (Å²) in [5.74, 6) is 0. The van der Waals surface area contributed by atoms with E-state index >= 15 is 0 Å². The van der Waals surface area contributed by atoms with E-state index in [0.717, 1.165) is 35.1 Å². The van der Waals surface area contributed by atoms with Gasteiger partial charge in [-0.1, -0.05) is 121 Å². The van der Waals surface area contributed by atoms with Crippen LogP contribution < -0.4 is 10.4 Å². The Morgan fingerprint density at radius 2 is 1.54 bits per heavy atom.